The van der Waals surface area contributed by atoms with Gasteiger partial charge in [-0.15, -0.1) is 0 Å². The Morgan fingerprint density at radius 1 is 0.944 bits per heavy atom. The molecule has 0 aromatic carbocycles. The van der Waals surface area contributed by atoms with Gasteiger partial charge >= 0.3 is 0 Å². The Morgan fingerprint density at radius 3 is 1.56 bits per heavy atom. The number of likely N-dealkylation sites (N-methyl/N-ethyl adjacent to an activating group) is 1. The highest BCUT2D eigenvalue weighted by molar-refractivity contribution is 5.81. The molecule has 0 saturated carbocycles. The number of nitrogens with one attached hydrogen (secondary N) is 2. The second-order valence-electron chi connectivity index (χ2n) is 3.74. The van der Waals surface area contributed by atoms with Crippen LogP contribution in [0.3, 0.4) is 0 Å². The lowest BCUT2D eigenvalue weighted by Crippen LogP contribution is -2.43. The Bertz CT molecular complexity index is 245. The number of hydrogen-bond donors (Lipinski definition) is 6. The van der Waals surface area contributed by atoms with Crippen LogP contribution in [0.5, 0.6) is 0 Å². The highest BCUT2D eigenvalue weighted by atomic mass is 16.5. The Hall–Kier alpha value is -1.26. The predicted octanol–water partition coefficient (Wildman–Crippen LogP) is -4.23. The van der Waals surface area contributed by atoms with Crippen LogP contribution >= 0.6 is 0 Å². The van der Waals surface area contributed by atoms with Crippen molar-refractivity contribution >= 4 is 11.8 Å². The third-order valence-electron chi connectivity index (χ3n) is 1.79. The van der Waals surface area contributed by atoms with Crippen molar-refractivity contribution < 1.29 is 30.0 Å². The van der Waals surface area contributed by atoms with Crippen LogP contribution in [0.25, 0.3) is 0 Å². The quantitative estimate of drug-likeness (QED) is 0.244. The molecule has 0 bridgehead atoms. The van der Waals surface area contributed by atoms with Crippen molar-refractivity contribution in [3.8, 4) is 0 Å². The van der Waals surface area contributed by atoms with E-state index in [1.165, 1.54) is 11.9 Å². The molecule has 9 nitrogen and oxygen atoms in total. The Morgan fingerprint density at radius 2 is 1.28 bits per heavy atom. The van der Waals surface area contributed by atoms with E-state index in [-0.39, 0.29) is 26.2 Å². The predicted molar refractivity (Wildman–Crippen MR) is 60.0 cm³/mol. The molecule has 0 aliphatic rings. The molecule has 2 amide bonds. The van der Waals surface area contributed by atoms with Gasteiger partial charge in [-0.2, -0.15) is 0 Å². The summed E-state index contributed by atoms with van der Waals surface area (Å²) in [7, 11) is 1.52. The summed E-state index contributed by atoms with van der Waals surface area (Å²) >= 11 is 0. The fourth-order valence-corrected chi connectivity index (χ4v) is 1.07. The van der Waals surface area contributed by atoms with Crippen molar-refractivity contribution in [2.24, 2.45) is 0 Å². The minimum Gasteiger partial charge on any atom is -0.367 e. The normalized spacial score (nSPS) is 11.1. The van der Waals surface area contributed by atoms with E-state index < -0.39 is 24.4 Å². The van der Waals surface area contributed by atoms with Gasteiger partial charge in [-0.25, -0.2) is 0 Å². The summed E-state index contributed by atoms with van der Waals surface area (Å²) in [5.41, 5.74) is 0. The zero-order valence-electron chi connectivity index (χ0n) is 10.0. The van der Waals surface area contributed by atoms with Gasteiger partial charge in [-0.1, -0.05) is 0 Å². The molecule has 0 spiro atoms. The zero-order chi connectivity index (χ0) is 14.1. The van der Waals surface area contributed by atoms with Crippen LogP contribution in [0.15, 0.2) is 0 Å². The van der Waals surface area contributed by atoms with E-state index in [0.717, 1.165) is 0 Å². The molecule has 0 fully saturated rings. The van der Waals surface area contributed by atoms with E-state index >= 15 is 0 Å². The minimum absolute atomic E-state index is 0.0954. The van der Waals surface area contributed by atoms with Gasteiger partial charge in [0.25, 0.3) is 0 Å². The maximum Gasteiger partial charge on any atom is 0.234 e. The van der Waals surface area contributed by atoms with Crippen molar-refractivity contribution in [1.29, 1.82) is 0 Å². The molecule has 6 N–H and O–H groups in total. The van der Waals surface area contributed by atoms with E-state index in [0.29, 0.717) is 0 Å². The van der Waals surface area contributed by atoms with E-state index in [2.05, 4.69) is 10.6 Å². The van der Waals surface area contributed by atoms with Crippen LogP contribution in [0.2, 0.25) is 0 Å². The molecule has 106 valence electrons. The number of aliphatic hydroxyl groups is 4. The number of aliphatic hydroxyl groups excluding tert-OH is 2. The van der Waals surface area contributed by atoms with Crippen molar-refractivity contribution in [2.45, 2.75) is 12.6 Å². The maximum absolute atomic E-state index is 11.2. The zero-order valence-corrected chi connectivity index (χ0v) is 10.0. The van der Waals surface area contributed by atoms with Crippen molar-refractivity contribution in [2.75, 3.05) is 33.2 Å². The lowest BCUT2D eigenvalue weighted by molar-refractivity contribution is -0.127. The van der Waals surface area contributed by atoms with Crippen LogP contribution in [-0.2, 0) is 9.59 Å². The first-order valence-corrected chi connectivity index (χ1v) is 5.25. The van der Waals surface area contributed by atoms with Crippen LogP contribution < -0.4 is 10.6 Å². The van der Waals surface area contributed by atoms with Gasteiger partial charge in [0.1, 0.15) is 0 Å². The fourth-order valence-electron chi connectivity index (χ4n) is 1.07. The Labute approximate surface area is 104 Å². The molecule has 0 heterocycles. The van der Waals surface area contributed by atoms with Gasteiger partial charge in [0.2, 0.25) is 11.8 Å². The average Bonchev–Trinajstić information content (AvgIpc) is 2.23. The van der Waals surface area contributed by atoms with Gasteiger partial charge in [-0.3, -0.25) is 14.5 Å². The SMILES string of the molecule is CN(CC(=O)NCC(O)O)CC(=O)NCC(O)O. The summed E-state index contributed by atoms with van der Waals surface area (Å²) < 4.78 is 0. The van der Waals surface area contributed by atoms with Gasteiger partial charge < -0.3 is 31.1 Å². The molecule has 18 heavy (non-hydrogen) atoms. The maximum atomic E-state index is 11.2. The number of hydrogen-bond acceptors (Lipinski definition) is 7. The van der Waals surface area contributed by atoms with E-state index in [1.54, 1.807) is 0 Å². The number of carbonyl (C=O) groups excluding carboxylic acids is 2. The minimum atomic E-state index is -1.62. The van der Waals surface area contributed by atoms with Crippen molar-refractivity contribution in [1.82, 2.24) is 15.5 Å². The van der Waals surface area contributed by atoms with Gasteiger partial charge in [0.05, 0.1) is 26.2 Å². The highest BCUT2D eigenvalue weighted by Gasteiger charge is 2.11. The van der Waals surface area contributed by atoms with Gasteiger partial charge in [-0.05, 0) is 7.05 Å². The third-order valence-corrected chi connectivity index (χ3v) is 1.79. The van der Waals surface area contributed by atoms with Crippen LogP contribution in [0.1, 0.15) is 0 Å². The Kier molecular flexibility index (Phi) is 8.16. The van der Waals surface area contributed by atoms with Gasteiger partial charge in [0.15, 0.2) is 12.6 Å². The molecule has 0 saturated heterocycles. The first-order chi connectivity index (χ1) is 8.31. The molecular formula is C9H19N3O6. The van der Waals surface area contributed by atoms with E-state index in [1.807, 2.05) is 0 Å². The van der Waals surface area contributed by atoms with Crippen LogP contribution in [0.4, 0.5) is 0 Å². The van der Waals surface area contributed by atoms with E-state index in [4.69, 9.17) is 20.4 Å². The summed E-state index contributed by atoms with van der Waals surface area (Å²) in [5, 5.41) is 38.6. The largest absolute Gasteiger partial charge is 0.367 e. The summed E-state index contributed by atoms with van der Waals surface area (Å²) in [4.78, 5) is 23.8. The van der Waals surface area contributed by atoms with Crippen LogP contribution in [0, 0.1) is 0 Å². The molecule has 0 rings (SSSR count). The molecule has 0 aromatic heterocycles. The molecule has 0 aliphatic carbocycles. The molecule has 0 aliphatic heterocycles. The number of rotatable bonds is 8. The first-order valence-electron chi connectivity index (χ1n) is 5.25. The van der Waals surface area contributed by atoms with Crippen LogP contribution in [-0.4, -0.2) is 82.9 Å². The lowest BCUT2D eigenvalue weighted by atomic mass is 10.4. The fraction of sp³-hybridized carbons (Fsp3) is 0.778. The molecule has 0 radical (unpaired) electrons. The first kappa shape index (κ1) is 16.7. The summed E-state index contributed by atoms with van der Waals surface area (Å²) in [6.45, 7) is -0.755. The number of amides is 2. The van der Waals surface area contributed by atoms with Gasteiger partial charge in [0, 0.05) is 0 Å². The second-order valence-corrected chi connectivity index (χ2v) is 3.74. The molecule has 0 unspecified atom stereocenters. The topological polar surface area (TPSA) is 142 Å². The monoisotopic (exact) mass is 265 g/mol. The van der Waals surface area contributed by atoms with Crippen molar-refractivity contribution in [3.63, 3.8) is 0 Å². The second kappa shape index (κ2) is 8.78. The van der Waals surface area contributed by atoms with E-state index in [9.17, 15) is 9.59 Å². The summed E-state index contributed by atoms with van der Waals surface area (Å²) in [5.74, 6) is -0.916. The third kappa shape index (κ3) is 9.93. The molecule has 0 aromatic rings. The highest BCUT2D eigenvalue weighted by Crippen LogP contribution is 1.83. The van der Waals surface area contributed by atoms with Crippen molar-refractivity contribution in [3.05, 3.63) is 0 Å². The lowest BCUT2D eigenvalue weighted by Gasteiger charge is -2.16. The standard InChI is InChI=1S/C9H19N3O6/c1-12(4-6(13)10-2-8(15)16)5-7(14)11-3-9(17)18/h8-9,15-18H,2-5H2,1H3,(H,10,13)(H,11,14). The number of nitrogens with zero attached hydrogens (tertiary/aromatic N) is 1. The summed E-state index contributed by atoms with van der Waals surface area (Å²) in [6, 6.07) is 0. The molecule has 0 atom stereocenters. The summed E-state index contributed by atoms with van der Waals surface area (Å²) in [6.07, 6.45) is -3.23. The Balaban J connectivity index is 3.78. The number of carbonyl (C=O) groups is 2. The molecular weight excluding hydrogens is 246 g/mol. The average molecular weight is 265 g/mol. The molecule has 9 heteroatoms. The smallest absolute Gasteiger partial charge is 0.234 e.